The van der Waals surface area contributed by atoms with Crippen LogP contribution < -0.4 is 5.32 Å². The number of hydrogen-bond donors (Lipinski definition) is 2. The zero-order chi connectivity index (χ0) is 13.7. The molecule has 2 amide bonds. The standard InChI is InChI=1S/C16H26N2O2/c19-9-10-4-5-18(8-10)16(20)17-15-7-11-6-14(15)13-3-1-2-12(11)13/h10-15,19H,1-9H2,(H,17,20). The lowest BCUT2D eigenvalue weighted by molar-refractivity contribution is 0.174. The third-order valence-electron chi connectivity index (χ3n) is 6.57. The van der Waals surface area contributed by atoms with Crippen molar-refractivity contribution in [2.75, 3.05) is 19.7 Å². The van der Waals surface area contributed by atoms with E-state index in [1.165, 1.54) is 32.1 Å². The van der Waals surface area contributed by atoms with Gasteiger partial charge in [-0.25, -0.2) is 4.79 Å². The van der Waals surface area contributed by atoms with E-state index in [0.717, 1.165) is 43.2 Å². The van der Waals surface area contributed by atoms with Crippen LogP contribution in [0.4, 0.5) is 4.79 Å². The number of rotatable bonds is 2. The molecule has 4 heteroatoms. The van der Waals surface area contributed by atoms with Crippen LogP contribution in [-0.2, 0) is 0 Å². The molecule has 4 fully saturated rings. The zero-order valence-corrected chi connectivity index (χ0v) is 12.1. The van der Waals surface area contributed by atoms with Crippen LogP contribution in [0.5, 0.6) is 0 Å². The fraction of sp³-hybridized carbons (Fsp3) is 0.938. The first kappa shape index (κ1) is 12.9. The summed E-state index contributed by atoms with van der Waals surface area (Å²) in [5, 5.41) is 12.5. The molecule has 2 bridgehead atoms. The summed E-state index contributed by atoms with van der Waals surface area (Å²) < 4.78 is 0. The quantitative estimate of drug-likeness (QED) is 0.810. The fourth-order valence-electron chi connectivity index (χ4n) is 5.65. The second kappa shape index (κ2) is 4.90. The summed E-state index contributed by atoms with van der Waals surface area (Å²) >= 11 is 0. The van der Waals surface area contributed by atoms with E-state index >= 15 is 0 Å². The highest BCUT2D eigenvalue weighted by molar-refractivity contribution is 5.75. The Kier molecular flexibility index (Phi) is 3.17. The van der Waals surface area contributed by atoms with E-state index in [0.29, 0.717) is 12.0 Å². The fourth-order valence-corrected chi connectivity index (χ4v) is 5.65. The van der Waals surface area contributed by atoms with Gasteiger partial charge in [0, 0.05) is 31.7 Å². The molecule has 112 valence electrons. The van der Waals surface area contributed by atoms with Crippen LogP contribution in [0.2, 0.25) is 0 Å². The van der Waals surface area contributed by atoms with E-state index in [4.69, 9.17) is 0 Å². The molecule has 20 heavy (non-hydrogen) atoms. The molecule has 1 aliphatic heterocycles. The third-order valence-corrected chi connectivity index (χ3v) is 6.57. The molecule has 0 aromatic heterocycles. The largest absolute Gasteiger partial charge is 0.396 e. The number of fused-ring (bicyclic) bond motifs is 5. The van der Waals surface area contributed by atoms with Crippen LogP contribution in [0.1, 0.15) is 38.5 Å². The number of nitrogens with zero attached hydrogens (tertiary/aromatic N) is 1. The summed E-state index contributed by atoms with van der Waals surface area (Å²) in [7, 11) is 0. The Morgan fingerprint density at radius 1 is 1.15 bits per heavy atom. The summed E-state index contributed by atoms with van der Waals surface area (Å²) in [4.78, 5) is 14.3. The Balaban J connectivity index is 1.35. The second-order valence-electron chi connectivity index (χ2n) is 7.49. The van der Waals surface area contributed by atoms with Gasteiger partial charge in [-0.05, 0) is 55.8 Å². The highest BCUT2D eigenvalue weighted by atomic mass is 16.3. The number of aliphatic hydroxyl groups is 1. The van der Waals surface area contributed by atoms with Gasteiger partial charge < -0.3 is 15.3 Å². The maximum Gasteiger partial charge on any atom is 0.317 e. The van der Waals surface area contributed by atoms with E-state index < -0.39 is 0 Å². The van der Waals surface area contributed by atoms with Crippen molar-refractivity contribution >= 4 is 6.03 Å². The first-order valence-corrected chi connectivity index (χ1v) is 8.42. The smallest absolute Gasteiger partial charge is 0.317 e. The Bertz CT molecular complexity index is 400. The van der Waals surface area contributed by atoms with Gasteiger partial charge in [0.25, 0.3) is 0 Å². The lowest BCUT2D eigenvalue weighted by Gasteiger charge is -2.33. The maximum absolute atomic E-state index is 12.4. The van der Waals surface area contributed by atoms with E-state index in [1.807, 2.05) is 4.90 Å². The van der Waals surface area contributed by atoms with Crippen LogP contribution in [-0.4, -0.2) is 41.8 Å². The first-order chi connectivity index (χ1) is 9.76. The molecule has 4 nitrogen and oxygen atoms in total. The minimum absolute atomic E-state index is 0.119. The zero-order valence-electron chi connectivity index (χ0n) is 12.1. The Morgan fingerprint density at radius 3 is 2.80 bits per heavy atom. The number of nitrogens with one attached hydrogen (secondary N) is 1. The molecule has 0 aromatic carbocycles. The molecule has 6 unspecified atom stereocenters. The summed E-state index contributed by atoms with van der Waals surface area (Å²) in [6.07, 6.45) is 7.78. The van der Waals surface area contributed by atoms with Crippen LogP contribution in [0.25, 0.3) is 0 Å². The van der Waals surface area contributed by atoms with Gasteiger partial charge in [0.05, 0.1) is 0 Å². The molecular weight excluding hydrogens is 252 g/mol. The van der Waals surface area contributed by atoms with Crippen molar-refractivity contribution in [1.82, 2.24) is 10.2 Å². The van der Waals surface area contributed by atoms with Crippen molar-refractivity contribution in [3.05, 3.63) is 0 Å². The molecule has 4 rings (SSSR count). The minimum Gasteiger partial charge on any atom is -0.396 e. The van der Waals surface area contributed by atoms with Crippen molar-refractivity contribution in [2.24, 2.45) is 29.6 Å². The SMILES string of the molecule is O=C(NC1CC2CC1C1CCCC21)N1CCC(CO)C1. The summed E-state index contributed by atoms with van der Waals surface area (Å²) in [6.45, 7) is 1.75. The Labute approximate surface area is 120 Å². The number of amides is 2. The number of carbonyl (C=O) groups excluding carboxylic acids is 1. The molecule has 0 radical (unpaired) electrons. The van der Waals surface area contributed by atoms with Gasteiger partial charge in [0.2, 0.25) is 0 Å². The number of likely N-dealkylation sites (tertiary alicyclic amines) is 1. The normalized spacial score (nSPS) is 46.0. The Morgan fingerprint density at radius 2 is 2.00 bits per heavy atom. The molecule has 3 saturated carbocycles. The maximum atomic E-state index is 12.4. The Hall–Kier alpha value is -0.770. The van der Waals surface area contributed by atoms with Crippen molar-refractivity contribution in [2.45, 2.75) is 44.6 Å². The van der Waals surface area contributed by atoms with Gasteiger partial charge in [-0.2, -0.15) is 0 Å². The molecule has 0 aromatic rings. The molecule has 4 aliphatic rings. The lowest BCUT2D eigenvalue weighted by Crippen LogP contribution is -2.48. The van der Waals surface area contributed by atoms with Gasteiger partial charge in [-0.15, -0.1) is 0 Å². The van der Waals surface area contributed by atoms with E-state index in [1.54, 1.807) is 0 Å². The van der Waals surface area contributed by atoms with Gasteiger partial charge in [-0.3, -0.25) is 0 Å². The molecule has 3 aliphatic carbocycles. The summed E-state index contributed by atoms with van der Waals surface area (Å²) in [5.74, 6) is 3.83. The summed E-state index contributed by atoms with van der Waals surface area (Å²) in [6, 6.07) is 0.549. The van der Waals surface area contributed by atoms with Crippen molar-refractivity contribution < 1.29 is 9.90 Å². The van der Waals surface area contributed by atoms with Crippen LogP contribution in [0, 0.1) is 29.6 Å². The first-order valence-electron chi connectivity index (χ1n) is 8.42. The van der Waals surface area contributed by atoms with Crippen LogP contribution >= 0.6 is 0 Å². The minimum atomic E-state index is 0.119. The topological polar surface area (TPSA) is 52.6 Å². The molecule has 1 saturated heterocycles. The van der Waals surface area contributed by atoms with Gasteiger partial charge >= 0.3 is 6.03 Å². The van der Waals surface area contributed by atoms with Crippen molar-refractivity contribution in [1.29, 1.82) is 0 Å². The number of hydrogen-bond acceptors (Lipinski definition) is 2. The molecule has 6 atom stereocenters. The highest BCUT2D eigenvalue weighted by Gasteiger charge is 2.54. The van der Waals surface area contributed by atoms with Crippen molar-refractivity contribution in [3.63, 3.8) is 0 Å². The average Bonchev–Trinajstić information content (AvgIpc) is 3.19. The highest BCUT2D eigenvalue weighted by Crippen LogP contribution is 2.58. The average molecular weight is 278 g/mol. The van der Waals surface area contributed by atoms with Crippen LogP contribution in [0.3, 0.4) is 0 Å². The van der Waals surface area contributed by atoms with E-state index in [-0.39, 0.29) is 12.6 Å². The predicted octanol–water partition coefficient (Wildman–Crippen LogP) is 1.83. The van der Waals surface area contributed by atoms with Gasteiger partial charge in [-0.1, -0.05) is 6.42 Å². The molecule has 2 N–H and O–H groups in total. The number of urea groups is 1. The molecule has 1 heterocycles. The second-order valence-corrected chi connectivity index (χ2v) is 7.49. The van der Waals surface area contributed by atoms with Gasteiger partial charge in [0.15, 0.2) is 0 Å². The monoisotopic (exact) mass is 278 g/mol. The third kappa shape index (κ3) is 1.95. The molecular formula is C16H26N2O2. The molecule has 0 spiro atoms. The van der Waals surface area contributed by atoms with Gasteiger partial charge in [0.1, 0.15) is 0 Å². The van der Waals surface area contributed by atoms with Crippen LogP contribution in [0.15, 0.2) is 0 Å². The lowest BCUT2D eigenvalue weighted by atomic mass is 9.79. The van der Waals surface area contributed by atoms with E-state index in [2.05, 4.69) is 5.32 Å². The summed E-state index contributed by atoms with van der Waals surface area (Å²) in [5.41, 5.74) is 0. The number of aliphatic hydroxyl groups excluding tert-OH is 1. The van der Waals surface area contributed by atoms with Crippen molar-refractivity contribution in [3.8, 4) is 0 Å². The predicted molar refractivity (Wildman–Crippen MR) is 76.1 cm³/mol. The van der Waals surface area contributed by atoms with E-state index in [9.17, 15) is 9.90 Å². The number of carbonyl (C=O) groups is 1.